The minimum atomic E-state index is -0.889. The van der Waals surface area contributed by atoms with Crippen LogP contribution in [0.1, 0.15) is 105 Å². The maximum atomic E-state index is 13.9. The van der Waals surface area contributed by atoms with Crippen LogP contribution in [0.15, 0.2) is 0 Å². The number of nitrogens with zero attached hydrogens (tertiary/aromatic N) is 3. The van der Waals surface area contributed by atoms with Crippen LogP contribution in [0, 0.1) is 29.6 Å². The van der Waals surface area contributed by atoms with Gasteiger partial charge in [-0.15, -0.1) is 0 Å². The molecule has 2 saturated carbocycles. The van der Waals surface area contributed by atoms with Gasteiger partial charge >= 0.3 is 0 Å². The Morgan fingerprint density at radius 1 is 0.837 bits per heavy atom. The lowest BCUT2D eigenvalue weighted by Gasteiger charge is -2.38. The highest BCUT2D eigenvalue weighted by molar-refractivity contribution is 5.86. The second-order valence-electron chi connectivity index (χ2n) is 13.8. The highest BCUT2D eigenvalue weighted by atomic mass is 16.3. The molecule has 4 amide bonds. The van der Waals surface area contributed by atoms with Gasteiger partial charge in [-0.1, -0.05) is 59.8 Å². The topological polar surface area (TPSA) is 122 Å². The number of rotatable bonds is 16. The van der Waals surface area contributed by atoms with E-state index in [-0.39, 0.29) is 42.0 Å². The van der Waals surface area contributed by atoms with Crippen molar-refractivity contribution in [2.24, 2.45) is 29.6 Å². The number of nitrogens with one attached hydrogen (secondary N) is 2. The maximum Gasteiger partial charge on any atom is 0.234 e. The van der Waals surface area contributed by atoms with Gasteiger partial charge in [-0.25, -0.2) is 5.01 Å². The van der Waals surface area contributed by atoms with Gasteiger partial charge in [0.05, 0.1) is 12.1 Å². The number of hydrogen-bond donors (Lipinski definition) is 3. The molecule has 5 unspecified atom stereocenters. The Hall–Kier alpha value is -2.20. The van der Waals surface area contributed by atoms with Gasteiger partial charge in [0, 0.05) is 65.0 Å². The van der Waals surface area contributed by atoms with Gasteiger partial charge < -0.3 is 20.2 Å². The first kappa shape index (κ1) is 37.0. The largest absolute Gasteiger partial charge is 0.390 e. The zero-order valence-electron chi connectivity index (χ0n) is 28.1. The summed E-state index contributed by atoms with van der Waals surface area (Å²) in [6.45, 7) is 9.59. The van der Waals surface area contributed by atoms with Gasteiger partial charge in [-0.05, 0) is 50.4 Å². The molecule has 0 heterocycles. The average molecular weight is 608 g/mol. The van der Waals surface area contributed by atoms with Gasteiger partial charge in [0.1, 0.15) is 0 Å². The Kier molecular flexibility index (Phi) is 16.0. The molecule has 0 spiro atoms. The fourth-order valence-corrected chi connectivity index (χ4v) is 6.91. The first-order chi connectivity index (χ1) is 20.4. The fourth-order valence-electron chi connectivity index (χ4n) is 6.91. The monoisotopic (exact) mass is 607 g/mol. The zero-order valence-corrected chi connectivity index (χ0v) is 28.1. The molecule has 0 saturated heterocycles. The summed E-state index contributed by atoms with van der Waals surface area (Å²) < 4.78 is 0. The highest BCUT2D eigenvalue weighted by Crippen LogP contribution is 2.36. The van der Waals surface area contributed by atoms with Crippen LogP contribution in [-0.2, 0) is 19.2 Å². The number of hydrogen-bond acceptors (Lipinski definition) is 6. The third-order valence-electron chi connectivity index (χ3n) is 8.99. The molecule has 0 aliphatic heterocycles. The molecule has 0 radical (unpaired) electrons. The summed E-state index contributed by atoms with van der Waals surface area (Å²) in [6.07, 6.45) is 8.81. The van der Waals surface area contributed by atoms with E-state index in [4.69, 9.17) is 0 Å². The van der Waals surface area contributed by atoms with Crippen LogP contribution in [0.2, 0.25) is 0 Å². The summed E-state index contributed by atoms with van der Waals surface area (Å²) in [6, 6.07) is -0.490. The molecule has 0 aromatic heterocycles. The summed E-state index contributed by atoms with van der Waals surface area (Å²) >= 11 is 0. The Morgan fingerprint density at radius 3 is 1.93 bits per heavy atom. The van der Waals surface area contributed by atoms with E-state index in [0.717, 1.165) is 38.5 Å². The number of aliphatic hydroxyl groups excluding tert-OH is 1. The van der Waals surface area contributed by atoms with Crippen LogP contribution in [-0.4, -0.2) is 96.5 Å². The minimum absolute atomic E-state index is 0.0373. The molecule has 0 bridgehead atoms. The predicted octanol–water partition coefficient (Wildman–Crippen LogP) is 3.58. The first-order valence-corrected chi connectivity index (χ1v) is 16.8. The van der Waals surface area contributed by atoms with Crippen molar-refractivity contribution in [1.29, 1.82) is 0 Å². The third-order valence-corrected chi connectivity index (χ3v) is 8.99. The van der Waals surface area contributed by atoms with E-state index in [9.17, 15) is 24.3 Å². The highest BCUT2D eigenvalue weighted by Gasteiger charge is 2.41. The maximum absolute atomic E-state index is 13.9. The van der Waals surface area contributed by atoms with Crippen LogP contribution in [0.25, 0.3) is 0 Å². The molecular weight excluding hydrogens is 546 g/mol. The zero-order chi connectivity index (χ0) is 32.1. The third kappa shape index (κ3) is 12.4. The second kappa shape index (κ2) is 18.6. The lowest BCUT2D eigenvalue weighted by molar-refractivity contribution is -0.143. The molecule has 0 aromatic carbocycles. The van der Waals surface area contributed by atoms with Crippen LogP contribution in [0.4, 0.5) is 0 Å². The SMILES string of the molecule is CCCN(CCC)C(=O)C1CC(C(=O)NC(CC2CCCCC2)C(O)CN(C)NC(=O)CC(C)C)CC(C(=O)N(C)C)C1. The Labute approximate surface area is 260 Å². The van der Waals surface area contributed by atoms with Crippen molar-refractivity contribution in [3.8, 4) is 0 Å². The molecule has 0 aromatic rings. The van der Waals surface area contributed by atoms with Crippen LogP contribution < -0.4 is 10.7 Å². The van der Waals surface area contributed by atoms with Crippen LogP contribution in [0.5, 0.6) is 0 Å². The summed E-state index contributed by atoms with van der Waals surface area (Å²) in [4.78, 5) is 56.4. The van der Waals surface area contributed by atoms with Crippen molar-refractivity contribution in [3.05, 3.63) is 0 Å². The van der Waals surface area contributed by atoms with Gasteiger partial charge in [0.25, 0.3) is 0 Å². The number of aliphatic hydroxyl groups is 1. The summed E-state index contributed by atoms with van der Waals surface area (Å²) in [5.74, 6) is -0.961. The lowest BCUT2D eigenvalue weighted by Crippen LogP contribution is -2.54. The first-order valence-electron chi connectivity index (χ1n) is 16.8. The lowest BCUT2D eigenvalue weighted by atomic mass is 9.73. The molecule has 10 heteroatoms. The fraction of sp³-hybridized carbons (Fsp3) is 0.879. The van der Waals surface area contributed by atoms with E-state index < -0.39 is 24.0 Å². The average Bonchev–Trinajstić information content (AvgIpc) is 2.95. The number of hydrazine groups is 1. The Morgan fingerprint density at radius 2 is 1.40 bits per heavy atom. The molecule has 2 rings (SSSR count). The van der Waals surface area contributed by atoms with Crippen molar-refractivity contribution in [3.63, 3.8) is 0 Å². The molecule has 2 fully saturated rings. The predicted molar refractivity (Wildman–Crippen MR) is 170 cm³/mol. The van der Waals surface area contributed by atoms with Crippen molar-refractivity contribution in [2.45, 2.75) is 117 Å². The molecule has 10 nitrogen and oxygen atoms in total. The van der Waals surface area contributed by atoms with Crippen molar-refractivity contribution >= 4 is 23.6 Å². The quantitative estimate of drug-likeness (QED) is 0.231. The van der Waals surface area contributed by atoms with E-state index in [2.05, 4.69) is 24.6 Å². The number of carbonyl (C=O) groups excluding carboxylic acids is 4. The number of carbonyl (C=O) groups is 4. The molecule has 2 aliphatic carbocycles. The summed E-state index contributed by atoms with van der Waals surface area (Å²) in [7, 11) is 5.17. The van der Waals surface area contributed by atoms with Crippen molar-refractivity contribution in [1.82, 2.24) is 25.6 Å². The normalized spacial score (nSPS) is 22.6. The number of likely N-dealkylation sites (N-methyl/N-ethyl adjacent to an activating group) is 1. The van der Waals surface area contributed by atoms with Gasteiger partial charge in [0.15, 0.2) is 0 Å². The summed E-state index contributed by atoms with van der Waals surface area (Å²) in [5.41, 5.74) is 2.83. The second-order valence-corrected chi connectivity index (χ2v) is 13.8. The standard InChI is InChI=1S/C33H61N5O5/c1-8-15-38(16-9-2)33(43)27-20-25(19-26(21-27)32(42)36(5)6)31(41)34-28(18-24-13-11-10-12-14-24)29(39)22-37(7)35-30(40)17-23(3)4/h23-29,39H,8-22H2,1-7H3,(H,34,41)(H,35,40). The van der Waals surface area contributed by atoms with Crippen molar-refractivity contribution < 1.29 is 24.3 Å². The smallest absolute Gasteiger partial charge is 0.234 e. The van der Waals surface area contributed by atoms with Gasteiger partial charge in [-0.2, -0.15) is 0 Å². The Balaban J connectivity index is 2.22. The van der Waals surface area contributed by atoms with E-state index >= 15 is 0 Å². The van der Waals surface area contributed by atoms with Crippen LogP contribution >= 0.6 is 0 Å². The van der Waals surface area contributed by atoms with E-state index in [1.165, 1.54) is 6.42 Å². The Bertz CT molecular complexity index is 885. The van der Waals surface area contributed by atoms with E-state index in [1.807, 2.05) is 18.7 Å². The molecule has 248 valence electrons. The van der Waals surface area contributed by atoms with E-state index in [1.54, 1.807) is 31.1 Å². The van der Waals surface area contributed by atoms with Crippen LogP contribution in [0.3, 0.4) is 0 Å². The van der Waals surface area contributed by atoms with Crippen molar-refractivity contribution in [2.75, 3.05) is 40.8 Å². The molecule has 5 atom stereocenters. The molecule has 2 aliphatic rings. The minimum Gasteiger partial charge on any atom is -0.390 e. The molecular formula is C33H61N5O5. The number of amides is 4. The van der Waals surface area contributed by atoms with Gasteiger partial charge in [0.2, 0.25) is 23.6 Å². The molecule has 3 N–H and O–H groups in total. The van der Waals surface area contributed by atoms with E-state index in [0.29, 0.717) is 51.1 Å². The van der Waals surface area contributed by atoms with Gasteiger partial charge in [-0.3, -0.25) is 24.6 Å². The summed E-state index contributed by atoms with van der Waals surface area (Å²) in [5, 5.41) is 16.1. The molecule has 43 heavy (non-hydrogen) atoms.